The van der Waals surface area contributed by atoms with E-state index in [1.807, 2.05) is 0 Å². The fourth-order valence-electron chi connectivity index (χ4n) is 3.32. The highest BCUT2D eigenvalue weighted by molar-refractivity contribution is 5.56. The second kappa shape index (κ2) is 5.43. The number of hydrogen-bond donors (Lipinski definition) is 2. The average molecular weight is 334 g/mol. The van der Waals surface area contributed by atoms with Crippen LogP contribution >= 0.6 is 0 Å². The highest BCUT2D eigenvalue weighted by Crippen LogP contribution is 2.41. The third-order valence-corrected chi connectivity index (χ3v) is 4.41. The molecule has 0 spiro atoms. The SMILES string of the molecule is FC(F)(F)c1ccccc1C1CCc2[nH]nc(-c3nn[nH]n3)c2C1. The van der Waals surface area contributed by atoms with E-state index < -0.39 is 11.7 Å². The summed E-state index contributed by atoms with van der Waals surface area (Å²) in [6.07, 6.45) is -2.63. The van der Waals surface area contributed by atoms with Gasteiger partial charge in [-0.05, 0) is 42.0 Å². The Labute approximate surface area is 134 Å². The predicted octanol–water partition coefficient (Wildman–Crippen LogP) is 2.88. The molecule has 1 aliphatic rings. The summed E-state index contributed by atoms with van der Waals surface area (Å²) in [6, 6.07) is 5.77. The van der Waals surface area contributed by atoms with Crippen molar-refractivity contribution in [2.24, 2.45) is 0 Å². The molecule has 0 aliphatic heterocycles. The molecule has 2 N–H and O–H groups in total. The normalized spacial score (nSPS) is 17.7. The number of H-pyrrole nitrogens is 2. The van der Waals surface area contributed by atoms with Crippen molar-refractivity contribution in [1.82, 2.24) is 30.8 Å². The van der Waals surface area contributed by atoms with Gasteiger partial charge in [0, 0.05) is 11.3 Å². The van der Waals surface area contributed by atoms with Crippen molar-refractivity contribution < 1.29 is 13.2 Å². The summed E-state index contributed by atoms with van der Waals surface area (Å²) in [6.45, 7) is 0. The number of aromatic nitrogens is 6. The van der Waals surface area contributed by atoms with Gasteiger partial charge in [-0.15, -0.1) is 10.2 Å². The molecule has 9 heteroatoms. The molecule has 6 nitrogen and oxygen atoms in total. The quantitative estimate of drug-likeness (QED) is 0.755. The van der Waals surface area contributed by atoms with E-state index in [-0.39, 0.29) is 5.92 Å². The summed E-state index contributed by atoms with van der Waals surface area (Å²) < 4.78 is 39.9. The van der Waals surface area contributed by atoms with Crippen LogP contribution in [0.5, 0.6) is 0 Å². The lowest BCUT2D eigenvalue weighted by molar-refractivity contribution is -0.138. The molecular weight excluding hydrogens is 321 g/mol. The van der Waals surface area contributed by atoms with Crippen LogP contribution in [0.2, 0.25) is 0 Å². The van der Waals surface area contributed by atoms with Crippen molar-refractivity contribution in [3.8, 4) is 11.5 Å². The van der Waals surface area contributed by atoms with E-state index in [0.717, 1.165) is 17.3 Å². The molecule has 2 heterocycles. The van der Waals surface area contributed by atoms with Gasteiger partial charge in [-0.2, -0.15) is 23.5 Å². The van der Waals surface area contributed by atoms with Gasteiger partial charge in [0.05, 0.1) is 5.56 Å². The van der Waals surface area contributed by atoms with Crippen LogP contribution in [0, 0.1) is 0 Å². The van der Waals surface area contributed by atoms with Crippen LogP contribution < -0.4 is 0 Å². The molecule has 0 saturated carbocycles. The number of aromatic amines is 2. The Kier molecular flexibility index (Phi) is 3.36. The summed E-state index contributed by atoms with van der Waals surface area (Å²) in [5.74, 6) is 0.121. The summed E-state index contributed by atoms with van der Waals surface area (Å²) >= 11 is 0. The topological polar surface area (TPSA) is 83.1 Å². The Hall–Kier alpha value is -2.71. The Morgan fingerprint density at radius 1 is 1.12 bits per heavy atom. The van der Waals surface area contributed by atoms with Crippen molar-refractivity contribution in [3.63, 3.8) is 0 Å². The second-order valence-corrected chi connectivity index (χ2v) is 5.79. The second-order valence-electron chi connectivity index (χ2n) is 5.79. The molecule has 1 aromatic carbocycles. The predicted molar refractivity (Wildman–Crippen MR) is 78.0 cm³/mol. The smallest absolute Gasteiger partial charge is 0.282 e. The maximum Gasteiger partial charge on any atom is 0.416 e. The lowest BCUT2D eigenvalue weighted by atomic mass is 9.80. The van der Waals surface area contributed by atoms with Crippen molar-refractivity contribution in [2.75, 3.05) is 0 Å². The number of fused-ring (bicyclic) bond motifs is 1. The lowest BCUT2D eigenvalue weighted by Crippen LogP contribution is -2.17. The molecule has 0 bridgehead atoms. The Morgan fingerprint density at radius 2 is 1.96 bits per heavy atom. The van der Waals surface area contributed by atoms with E-state index in [0.29, 0.717) is 36.3 Å². The van der Waals surface area contributed by atoms with Crippen LogP contribution in [0.15, 0.2) is 24.3 Å². The summed E-state index contributed by atoms with van der Waals surface area (Å²) in [7, 11) is 0. The highest BCUT2D eigenvalue weighted by atomic mass is 19.4. The summed E-state index contributed by atoms with van der Waals surface area (Å²) in [5.41, 5.74) is 2.10. The van der Waals surface area contributed by atoms with Crippen molar-refractivity contribution in [2.45, 2.75) is 31.4 Å². The molecule has 0 saturated heterocycles. The van der Waals surface area contributed by atoms with E-state index in [2.05, 4.69) is 30.8 Å². The third kappa shape index (κ3) is 2.45. The Morgan fingerprint density at radius 3 is 2.71 bits per heavy atom. The Balaban J connectivity index is 1.72. The van der Waals surface area contributed by atoms with E-state index in [1.54, 1.807) is 12.1 Å². The number of halogens is 3. The molecule has 0 amide bonds. The minimum Gasteiger partial charge on any atom is -0.282 e. The molecule has 0 fully saturated rings. The number of nitrogens with zero attached hydrogens (tertiary/aromatic N) is 4. The number of nitrogens with one attached hydrogen (secondary N) is 2. The van der Waals surface area contributed by atoms with Crippen LogP contribution in [-0.4, -0.2) is 30.8 Å². The molecule has 0 radical (unpaired) electrons. The zero-order valence-electron chi connectivity index (χ0n) is 12.4. The van der Waals surface area contributed by atoms with Crippen molar-refractivity contribution in [1.29, 1.82) is 0 Å². The van der Waals surface area contributed by atoms with Gasteiger partial charge >= 0.3 is 6.18 Å². The number of hydrogen-bond acceptors (Lipinski definition) is 4. The van der Waals surface area contributed by atoms with Gasteiger partial charge in [-0.25, -0.2) is 0 Å². The minimum absolute atomic E-state index is 0.224. The van der Waals surface area contributed by atoms with Crippen LogP contribution in [0.3, 0.4) is 0 Å². The largest absolute Gasteiger partial charge is 0.416 e. The fourth-order valence-corrected chi connectivity index (χ4v) is 3.32. The summed E-state index contributed by atoms with van der Waals surface area (Å²) in [4.78, 5) is 0. The average Bonchev–Trinajstić information content (AvgIpc) is 3.22. The highest BCUT2D eigenvalue weighted by Gasteiger charge is 2.36. The van der Waals surface area contributed by atoms with Gasteiger partial charge in [0.25, 0.3) is 0 Å². The number of alkyl halides is 3. The van der Waals surface area contributed by atoms with Crippen LogP contribution in [0.1, 0.15) is 34.7 Å². The van der Waals surface area contributed by atoms with E-state index >= 15 is 0 Å². The minimum atomic E-state index is -4.36. The molecule has 1 unspecified atom stereocenters. The molecular formula is C15H13F3N6. The zero-order chi connectivity index (χ0) is 16.7. The van der Waals surface area contributed by atoms with Gasteiger partial charge in [0.15, 0.2) is 0 Å². The van der Waals surface area contributed by atoms with E-state index in [1.165, 1.54) is 6.07 Å². The number of benzene rings is 1. The first-order chi connectivity index (χ1) is 11.5. The van der Waals surface area contributed by atoms with Gasteiger partial charge < -0.3 is 0 Å². The number of aryl methyl sites for hydroxylation is 1. The van der Waals surface area contributed by atoms with Gasteiger partial charge in [0.1, 0.15) is 5.69 Å². The van der Waals surface area contributed by atoms with Gasteiger partial charge in [0.2, 0.25) is 5.82 Å². The standard InChI is InChI=1S/C15H13F3N6/c16-15(17,18)11-4-2-1-3-9(11)8-5-6-12-10(7-8)13(20-19-12)14-21-23-24-22-14/h1-4,8H,5-7H2,(H,19,20)(H,21,22,23,24). The van der Waals surface area contributed by atoms with Crippen molar-refractivity contribution >= 4 is 0 Å². The molecule has 3 aromatic rings. The fraction of sp³-hybridized carbons (Fsp3) is 0.333. The number of tetrazole rings is 1. The first-order valence-electron chi connectivity index (χ1n) is 7.50. The van der Waals surface area contributed by atoms with Crippen molar-refractivity contribution in [3.05, 3.63) is 46.6 Å². The maximum absolute atomic E-state index is 13.3. The molecule has 1 atom stereocenters. The molecule has 1 aliphatic carbocycles. The summed E-state index contributed by atoms with van der Waals surface area (Å²) in [5, 5.41) is 20.8. The zero-order valence-corrected chi connectivity index (χ0v) is 12.4. The first-order valence-corrected chi connectivity index (χ1v) is 7.50. The molecule has 2 aromatic heterocycles. The third-order valence-electron chi connectivity index (χ3n) is 4.41. The Bertz CT molecular complexity index is 852. The molecule has 24 heavy (non-hydrogen) atoms. The number of rotatable bonds is 2. The molecule has 124 valence electrons. The molecule has 4 rings (SSSR count). The van der Waals surface area contributed by atoms with Crippen LogP contribution in [-0.2, 0) is 19.0 Å². The maximum atomic E-state index is 13.3. The van der Waals surface area contributed by atoms with Crippen LogP contribution in [0.4, 0.5) is 13.2 Å². The van der Waals surface area contributed by atoms with E-state index in [4.69, 9.17) is 0 Å². The first kappa shape index (κ1) is 14.9. The lowest BCUT2D eigenvalue weighted by Gasteiger charge is -2.25. The van der Waals surface area contributed by atoms with Gasteiger partial charge in [-0.1, -0.05) is 18.2 Å². The monoisotopic (exact) mass is 334 g/mol. The van der Waals surface area contributed by atoms with Gasteiger partial charge in [-0.3, -0.25) is 5.10 Å². The van der Waals surface area contributed by atoms with E-state index in [9.17, 15) is 13.2 Å². The van der Waals surface area contributed by atoms with Crippen LogP contribution in [0.25, 0.3) is 11.5 Å².